The smallest absolute Gasteiger partial charge is 0.251 e. The maximum atomic E-state index is 12.2. The summed E-state index contributed by atoms with van der Waals surface area (Å²) in [4.78, 5) is 12.2. The van der Waals surface area contributed by atoms with E-state index in [4.69, 9.17) is 11.6 Å². The van der Waals surface area contributed by atoms with Gasteiger partial charge in [0.25, 0.3) is 5.91 Å². The summed E-state index contributed by atoms with van der Waals surface area (Å²) in [6.45, 7) is 6.10. The average molecular weight is 288 g/mol. The van der Waals surface area contributed by atoms with Gasteiger partial charge in [-0.3, -0.25) is 4.79 Å². The highest BCUT2D eigenvalue weighted by Crippen LogP contribution is 2.19. The topological polar surface area (TPSA) is 29.1 Å². The van der Waals surface area contributed by atoms with E-state index < -0.39 is 0 Å². The van der Waals surface area contributed by atoms with Gasteiger partial charge in [0, 0.05) is 10.6 Å². The number of nitrogens with one attached hydrogen (secondary N) is 1. The van der Waals surface area contributed by atoms with E-state index in [0.717, 1.165) is 5.56 Å². The first-order chi connectivity index (χ1) is 9.47. The number of carbonyl (C=O) groups is 1. The van der Waals surface area contributed by atoms with Crippen LogP contribution in [0, 0.1) is 13.8 Å². The van der Waals surface area contributed by atoms with Gasteiger partial charge in [0.05, 0.1) is 6.04 Å². The molecule has 2 aromatic rings. The number of benzene rings is 2. The molecule has 3 heteroatoms. The second-order valence-electron chi connectivity index (χ2n) is 5.06. The van der Waals surface area contributed by atoms with Crippen molar-refractivity contribution in [1.29, 1.82) is 0 Å². The number of aryl methyl sites for hydroxylation is 2. The monoisotopic (exact) mass is 287 g/mol. The van der Waals surface area contributed by atoms with Crippen LogP contribution in [0.15, 0.2) is 42.5 Å². The Labute approximate surface area is 124 Å². The van der Waals surface area contributed by atoms with E-state index >= 15 is 0 Å². The highest BCUT2D eigenvalue weighted by molar-refractivity contribution is 6.30. The Bertz CT molecular complexity index is 619. The fourth-order valence-corrected chi connectivity index (χ4v) is 2.31. The molecule has 20 heavy (non-hydrogen) atoms. The van der Waals surface area contributed by atoms with Crippen LogP contribution in [0.25, 0.3) is 0 Å². The Morgan fingerprint density at radius 1 is 1.10 bits per heavy atom. The van der Waals surface area contributed by atoms with Crippen molar-refractivity contribution in [2.24, 2.45) is 0 Å². The zero-order chi connectivity index (χ0) is 14.7. The third-order valence-electron chi connectivity index (χ3n) is 3.36. The molecule has 0 fully saturated rings. The van der Waals surface area contributed by atoms with Gasteiger partial charge in [-0.1, -0.05) is 35.4 Å². The van der Waals surface area contributed by atoms with Gasteiger partial charge in [0.1, 0.15) is 0 Å². The first-order valence-corrected chi connectivity index (χ1v) is 6.99. The van der Waals surface area contributed by atoms with Crippen molar-refractivity contribution < 1.29 is 4.79 Å². The molecule has 0 aliphatic rings. The summed E-state index contributed by atoms with van der Waals surface area (Å²) >= 11 is 5.82. The molecule has 2 rings (SSSR count). The Morgan fingerprint density at radius 2 is 1.75 bits per heavy atom. The largest absolute Gasteiger partial charge is 0.346 e. The van der Waals surface area contributed by atoms with E-state index in [1.807, 2.05) is 6.92 Å². The van der Waals surface area contributed by atoms with Crippen molar-refractivity contribution in [3.63, 3.8) is 0 Å². The number of halogens is 1. The fourth-order valence-electron chi connectivity index (χ4n) is 2.19. The van der Waals surface area contributed by atoms with Gasteiger partial charge in [-0.15, -0.1) is 0 Å². The lowest BCUT2D eigenvalue weighted by molar-refractivity contribution is 0.0940. The summed E-state index contributed by atoms with van der Waals surface area (Å²) in [6, 6.07) is 13.1. The van der Waals surface area contributed by atoms with Gasteiger partial charge >= 0.3 is 0 Å². The second kappa shape index (κ2) is 6.10. The molecule has 1 unspecified atom stereocenters. The van der Waals surface area contributed by atoms with Crippen molar-refractivity contribution >= 4 is 17.5 Å². The lowest BCUT2D eigenvalue weighted by Crippen LogP contribution is -2.27. The van der Waals surface area contributed by atoms with E-state index in [2.05, 4.69) is 37.4 Å². The van der Waals surface area contributed by atoms with Gasteiger partial charge in [0.15, 0.2) is 0 Å². The predicted octanol–water partition coefficient (Wildman–Crippen LogP) is 4.45. The molecule has 0 radical (unpaired) electrons. The molecule has 0 spiro atoms. The summed E-state index contributed by atoms with van der Waals surface area (Å²) < 4.78 is 0. The molecule has 0 bridgehead atoms. The Balaban J connectivity index is 2.15. The van der Waals surface area contributed by atoms with Gasteiger partial charge in [-0.2, -0.15) is 0 Å². The lowest BCUT2D eigenvalue weighted by atomic mass is 10.00. The van der Waals surface area contributed by atoms with E-state index in [1.54, 1.807) is 24.3 Å². The predicted molar refractivity (Wildman–Crippen MR) is 83.2 cm³/mol. The molecule has 2 aromatic carbocycles. The quantitative estimate of drug-likeness (QED) is 0.888. The van der Waals surface area contributed by atoms with Crippen LogP contribution in [0.4, 0.5) is 0 Å². The summed E-state index contributed by atoms with van der Waals surface area (Å²) in [5.41, 5.74) is 4.14. The number of rotatable bonds is 3. The number of amides is 1. The molecule has 2 nitrogen and oxygen atoms in total. The first kappa shape index (κ1) is 14.6. The van der Waals surface area contributed by atoms with Crippen LogP contribution < -0.4 is 5.32 Å². The number of hydrogen-bond acceptors (Lipinski definition) is 1. The Hall–Kier alpha value is -1.80. The van der Waals surface area contributed by atoms with Gasteiger partial charge < -0.3 is 5.32 Å². The molecular formula is C17H18ClNO. The fraction of sp³-hybridized carbons (Fsp3) is 0.235. The molecule has 1 amide bonds. The minimum Gasteiger partial charge on any atom is -0.346 e. The van der Waals surface area contributed by atoms with Crippen molar-refractivity contribution in [2.45, 2.75) is 26.8 Å². The summed E-state index contributed by atoms with van der Waals surface area (Å²) in [6.07, 6.45) is 0. The zero-order valence-electron chi connectivity index (χ0n) is 11.9. The van der Waals surface area contributed by atoms with Crippen molar-refractivity contribution in [1.82, 2.24) is 5.32 Å². The van der Waals surface area contributed by atoms with E-state index in [1.165, 1.54) is 11.1 Å². The van der Waals surface area contributed by atoms with Crippen LogP contribution in [-0.2, 0) is 0 Å². The summed E-state index contributed by atoms with van der Waals surface area (Å²) in [7, 11) is 0. The van der Waals surface area contributed by atoms with Crippen LogP contribution >= 0.6 is 11.6 Å². The highest BCUT2D eigenvalue weighted by Gasteiger charge is 2.13. The standard InChI is InChI=1S/C17H18ClNO/c1-11-4-5-12(2)16(10-11)13(3)19-17(20)14-6-8-15(18)9-7-14/h4-10,13H,1-3H3,(H,19,20). The maximum Gasteiger partial charge on any atom is 0.251 e. The number of carbonyl (C=O) groups excluding carboxylic acids is 1. The van der Waals surface area contributed by atoms with Crippen molar-refractivity contribution in [2.75, 3.05) is 0 Å². The van der Waals surface area contributed by atoms with Crippen LogP contribution in [0.1, 0.15) is 40.0 Å². The Morgan fingerprint density at radius 3 is 2.40 bits per heavy atom. The SMILES string of the molecule is Cc1ccc(C)c(C(C)NC(=O)c2ccc(Cl)cc2)c1. The first-order valence-electron chi connectivity index (χ1n) is 6.61. The zero-order valence-corrected chi connectivity index (χ0v) is 12.7. The van der Waals surface area contributed by atoms with Crippen molar-refractivity contribution in [3.8, 4) is 0 Å². The minimum absolute atomic E-state index is 0.0296. The van der Waals surface area contributed by atoms with Crippen LogP contribution in [0.3, 0.4) is 0 Å². The van der Waals surface area contributed by atoms with Crippen molar-refractivity contribution in [3.05, 3.63) is 69.7 Å². The van der Waals surface area contributed by atoms with Gasteiger partial charge in [-0.25, -0.2) is 0 Å². The molecule has 0 saturated carbocycles. The van der Waals surface area contributed by atoms with Crippen LogP contribution in [0.5, 0.6) is 0 Å². The molecule has 0 aliphatic carbocycles. The maximum absolute atomic E-state index is 12.2. The molecule has 0 aliphatic heterocycles. The van der Waals surface area contributed by atoms with E-state index in [9.17, 15) is 4.79 Å². The lowest BCUT2D eigenvalue weighted by Gasteiger charge is -2.17. The molecule has 1 N–H and O–H groups in total. The molecule has 104 valence electrons. The minimum atomic E-state index is -0.0879. The third kappa shape index (κ3) is 3.40. The third-order valence-corrected chi connectivity index (χ3v) is 3.61. The molecule has 0 heterocycles. The number of hydrogen-bond donors (Lipinski definition) is 1. The Kier molecular flexibility index (Phi) is 4.46. The molecular weight excluding hydrogens is 270 g/mol. The molecule has 0 saturated heterocycles. The summed E-state index contributed by atoms with van der Waals surface area (Å²) in [5.74, 6) is -0.0879. The molecule has 0 aromatic heterocycles. The molecule has 1 atom stereocenters. The highest BCUT2D eigenvalue weighted by atomic mass is 35.5. The summed E-state index contributed by atoms with van der Waals surface area (Å²) in [5, 5.41) is 3.65. The van der Waals surface area contributed by atoms with Gasteiger partial charge in [-0.05, 0) is 56.2 Å². The van der Waals surface area contributed by atoms with Crippen LogP contribution in [-0.4, -0.2) is 5.91 Å². The second-order valence-corrected chi connectivity index (χ2v) is 5.50. The average Bonchev–Trinajstić information content (AvgIpc) is 2.42. The normalized spacial score (nSPS) is 12.0. The van der Waals surface area contributed by atoms with E-state index in [0.29, 0.717) is 10.6 Å². The van der Waals surface area contributed by atoms with E-state index in [-0.39, 0.29) is 11.9 Å². The van der Waals surface area contributed by atoms with Crippen LogP contribution in [0.2, 0.25) is 5.02 Å². The van der Waals surface area contributed by atoms with Gasteiger partial charge in [0.2, 0.25) is 0 Å².